The molecule has 0 spiro atoms. The molecule has 0 aromatic carbocycles. The topological polar surface area (TPSA) is 65.1 Å². The first-order valence-electron chi connectivity index (χ1n) is 4.01. The number of rotatable bonds is 1. The van der Waals surface area contributed by atoms with Crippen molar-refractivity contribution >= 4 is 5.84 Å². The van der Waals surface area contributed by atoms with Crippen LogP contribution >= 0.6 is 0 Å². The van der Waals surface area contributed by atoms with E-state index in [-0.39, 0.29) is 6.04 Å². The smallest absolute Gasteiger partial charge is 0.157 e. The molecule has 0 aromatic rings. The summed E-state index contributed by atoms with van der Waals surface area (Å²) < 4.78 is 0. The fourth-order valence-electron chi connectivity index (χ4n) is 1.40. The lowest BCUT2D eigenvalue weighted by atomic mass is 10.2. The van der Waals surface area contributed by atoms with Gasteiger partial charge in [0.1, 0.15) is 0 Å². The zero-order valence-corrected chi connectivity index (χ0v) is 7.56. The van der Waals surface area contributed by atoms with E-state index in [2.05, 4.69) is 15.0 Å². The summed E-state index contributed by atoms with van der Waals surface area (Å²) in [4.78, 5) is 4.26. The van der Waals surface area contributed by atoms with Crippen LogP contribution in [0.3, 0.4) is 0 Å². The van der Waals surface area contributed by atoms with Gasteiger partial charge in [-0.3, -0.25) is 4.90 Å². The molecule has 0 bridgehead atoms. The first kappa shape index (κ1) is 9.28. The van der Waals surface area contributed by atoms with Crippen LogP contribution in [0.5, 0.6) is 0 Å². The Bertz CT molecular complexity index is 182. The van der Waals surface area contributed by atoms with Gasteiger partial charge in [-0.2, -0.15) is 0 Å². The Morgan fingerprint density at radius 2 is 2.17 bits per heavy atom. The number of likely N-dealkylation sites (N-methyl/N-ethyl adjacent to an activating group) is 2. The van der Waals surface area contributed by atoms with Gasteiger partial charge in [0.2, 0.25) is 0 Å². The summed E-state index contributed by atoms with van der Waals surface area (Å²) in [5.41, 5.74) is 5.53. The van der Waals surface area contributed by atoms with E-state index in [0.717, 1.165) is 19.6 Å². The lowest BCUT2D eigenvalue weighted by Crippen LogP contribution is -2.55. The van der Waals surface area contributed by atoms with E-state index in [1.807, 2.05) is 14.1 Å². The van der Waals surface area contributed by atoms with Gasteiger partial charge in [0.15, 0.2) is 5.84 Å². The van der Waals surface area contributed by atoms with Crippen molar-refractivity contribution < 1.29 is 5.21 Å². The molecule has 0 aliphatic carbocycles. The molecule has 1 aliphatic heterocycles. The van der Waals surface area contributed by atoms with Gasteiger partial charge in [-0.1, -0.05) is 5.16 Å². The Labute approximate surface area is 72.4 Å². The van der Waals surface area contributed by atoms with Crippen molar-refractivity contribution in [2.75, 3.05) is 33.7 Å². The van der Waals surface area contributed by atoms with Crippen LogP contribution in [0, 0.1) is 0 Å². The molecule has 1 atom stereocenters. The third-order valence-electron chi connectivity index (χ3n) is 2.31. The van der Waals surface area contributed by atoms with Crippen molar-refractivity contribution in [2.24, 2.45) is 10.9 Å². The minimum atomic E-state index is 0.0498. The van der Waals surface area contributed by atoms with E-state index in [9.17, 15) is 0 Å². The summed E-state index contributed by atoms with van der Waals surface area (Å²) in [6.07, 6.45) is 0. The molecule has 1 aliphatic rings. The molecule has 0 radical (unpaired) electrons. The third kappa shape index (κ3) is 1.86. The Morgan fingerprint density at radius 1 is 1.50 bits per heavy atom. The number of nitrogens with zero attached hydrogens (tertiary/aromatic N) is 3. The van der Waals surface area contributed by atoms with Gasteiger partial charge in [0.25, 0.3) is 0 Å². The van der Waals surface area contributed by atoms with Crippen LogP contribution < -0.4 is 5.73 Å². The standard InChI is InChI=1S/C7H16N4O/c1-10-3-4-11(2)6(5-10)7(8)9-12/h6,12H,3-5H2,1-2H3,(H2,8,9). The molecule has 1 saturated heterocycles. The molecule has 0 amide bonds. The first-order chi connectivity index (χ1) is 5.65. The molecule has 1 unspecified atom stereocenters. The molecule has 3 N–H and O–H groups in total. The van der Waals surface area contributed by atoms with Crippen LogP contribution in [0.25, 0.3) is 0 Å². The third-order valence-corrected chi connectivity index (χ3v) is 2.31. The van der Waals surface area contributed by atoms with Crippen molar-refractivity contribution in [1.29, 1.82) is 0 Å². The fraction of sp³-hybridized carbons (Fsp3) is 0.857. The summed E-state index contributed by atoms with van der Waals surface area (Å²) in [7, 11) is 4.01. The maximum absolute atomic E-state index is 8.51. The van der Waals surface area contributed by atoms with Crippen molar-refractivity contribution in [1.82, 2.24) is 9.80 Å². The Morgan fingerprint density at radius 3 is 2.75 bits per heavy atom. The molecular weight excluding hydrogens is 156 g/mol. The second kappa shape index (κ2) is 3.73. The minimum absolute atomic E-state index is 0.0498. The summed E-state index contributed by atoms with van der Waals surface area (Å²) >= 11 is 0. The van der Waals surface area contributed by atoms with E-state index in [4.69, 9.17) is 10.9 Å². The zero-order chi connectivity index (χ0) is 9.14. The van der Waals surface area contributed by atoms with Gasteiger partial charge in [-0.15, -0.1) is 0 Å². The normalized spacial score (nSPS) is 29.2. The Kier molecular flexibility index (Phi) is 2.88. The van der Waals surface area contributed by atoms with Crippen LogP contribution in [-0.4, -0.2) is 60.6 Å². The summed E-state index contributed by atoms with van der Waals surface area (Å²) in [6.45, 7) is 2.81. The lowest BCUT2D eigenvalue weighted by molar-refractivity contribution is 0.147. The molecule has 0 saturated carbocycles. The van der Waals surface area contributed by atoms with Crippen LogP contribution in [0.1, 0.15) is 0 Å². The predicted molar refractivity (Wildman–Crippen MR) is 47.3 cm³/mol. The second-order valence-electron chi connectivity index (χ2n) is 3.28. The van der Waals surface area contributed by atoms with E-state index in [1.165, 1.54) is 0 Å². The summed E-state index contributed by atoms with van der Waals surface area (Å²) in [5.74, 6) is 0.295. The zero-order valence-electron chi connectivity index (χ0n) is 7.56. The molecular formula is C7H16N4O. The van der Waals surface area contributed by atoms with Gasteiger partial charge in [-0.05, 0) is 14.1 Å². The average molecular weight is 172 g/mol. The van der Waals surface area contributed by atoms with Crippen molar-refractivity contribution in [3.8, 4) is 0 Å². The number of hydrogen-bond donors (Lipinski definition) is 2. The monoisotopic (exact) mass is 172 g/mol. The van der Waals surface area contributed by atoms with Crippen molar-refractivity contribution in [2.45, 2.75) is 6.04 Å². The molecule has 5 heteroatoms. The highest BCUT2D eigenvalue weighted by atomic mass is 16.4. The highest BCUT2D eigenvalue weighted by Crippen LogP contribution is 2.05. The van der Waals surface area contributed by atoms with Gasteiger partial charge < -0.3 is 15.8 Å². The Hall–Kier alpha value is -0.810. The number of hydrogen-bond acceptors (Lipinski definition) is 4. The van der Waals surface area contributed by atoms with Crippen LogP contribution in [-0.2, 0) is 0 Å². The van der Waals surface area contributed by atoms with Crippen LogP contribution in [0.4, 0.5) is 0 Å². The number of piperazine rings is 1. The summed E-state index contributed by atoms with van der Waals surface area (Å²) in [5, 5.41) is 11.5. The van der Waals surface area contributed by atoms with E-state index in [1.54, 1.807) is 0 Å². The van der Waals surface area contributed by atoms with E-state index >= 15 is 0 Å². The van der Waals surface area contributed by atoms with Crippen molar-refractivity contribution in [3.05, 3.63) is 0 Å². The maximum atomic E-state index is 8.51. The van der Waals surface area contributed by atoms with E-state index < -0.39 is 0 Å². The molecule has 1 fully saturated rings. The lowest BCUT2D eigenvalue weighted by Gasteiger charge is -2.36. The maximum Gasteiger partial charge on any atom is 0.157 e. The van der Waals surface area contributed by atoms with Gasteiger partial charge in [-0.25, -0.2) is 0 Å². The quantitative estimate of drug-likeness (QED) is 0.230. The van der Waals surface area contributed by atoms with Gasteiger partial charge in [0, 0.05) is 19.6 Å². The Balaban J connectivity index is 2.60. The molecule has 12 heavy (non-hydrogen) atoms. The minimum Gasteiger partial charge on any atom is -0.409 e. The van der Waals surface area contributed by atoms with Gasteiger partial charge >= 0.3 is 0 Å². The van der Waals surface area contributed by atoms with E-state index in [0.29, 0.717) is 5.84 Å². The van der Waals surface area contributed by atoms with Crippen molar-refractivity contribution in [3.63, 3.8) is 0 Å². The number of amidine groups is 1. The molecule has 1 heterocycles. The second-order valence-corrected chi connectivity index (χ2v) is 3.28. The molecule has 1 rings (SSSR count). The number of nitrogens with two attached hydrogens (primary N) is 1. The van der Waals surface area contributed by atoms with Crippen LogP contribution in [0.2, 0.25) is 0 Å². The molecule has 70 valence electrons. The van der Waals surface area contributed by atoms with Gasteiger partial charge in [0.05, 0.1) is 6.04 Å². The van der Waals surface area contributed by atoms with Crippen LogP contribution in [0.15, 0.2) is 5.16 Å². The fourth-order valence-corrected chi connectivity index (χ4v) is 1.40. The number of oxime groups is 1. The average Bonchev–Trinajstić information content (AvgIpc) is 2.08. The predicted octanol–water partition coefficient (Wildman–Crippen LogP) is -1.02. The summed E-state index contributed by atoms with van der Waals surface area (Å²) in [6, 6.07) is 0.0498. The highest BCUT2D eigenvalue weighted by Gasteiger charge is 2.25. The largest absolute Gasteiger partial charge is 0.409 e. The first-order valence-corrected chi connectivity index (χ1v) is 4.01. The molecule has 5 nitrogen and oxygen atoms in total. The SMILES string of the molecule is CN1CCN(C)C(C(N)=NO)C1. The highest BCUT2D eigenvalue weighted by molar-refractivity contribution is 5.85. The molecule has 0 aromatic heterocycles.